The minimum Gasteiger partial charge on any atom is -0.377 e. The highest BCUT2D eigenvalue weighted by Crippen LogP contribution is 2.23. The SMILES string of the molecule is C=CCN1CCOCC2(C1)CN(Cc1nccn1C)CCO2. The Hall–Kier alpha value is -1.21. The average molecular weight is 306 g/mol. The van der Waals surface area contributed by atoms with Gasteiger partial charge in [-0.15, -0.1) is 6.58 Å². The van der Waals surface area contributed by atoms with Crippen LogP contribution in [-0.4, -0.2) is 77.5 Å². The molecule has 6 heteroatoms. The molecule has 2 aliphatic heterocycles. The van der Waals surface area contributed by atoms with Crippen molar-refractivity contribution >= 4 is 0 Å². The molecule has 0 aliphatic carbocycles. The standard InChI is InChI=1S/C16H26N4O2/c1-3-5-19-7-9-21-14-16(12-19)13-20(8-10-22-16)11-15-17-4-6-18(15)2/h3-4,6H,1,5,7-14H2,2H3. The van der Waals surface area contributed by atoms with Crippen LogP contribution in [0, 0.1) is 0 Å². The lowest BCUT2D eigenvalue weighted by Crippen LogP contribution is -2.58. The minimum atomic E-state index is -0.233. The number of hydrogen-bond donors (Lipinski definition) is 0. The molecule has 1 spiro atoms. The van der Waals surface area contributed by atoms with Gasteiger partial charge in [-0.1, -0.05) is 6.08 Å². The fourth-order valence-electron chi connectivity index (χ4n) is 3.31. The van der Waals surface area contributed by atoms with E-state index in [4.69, 9.17) is 9.47 Å². The van der Waals surface area contributed by atoms with Crippen LogP contribution in [-0.2, 0) is 23.1 Å². The van der Waals surface area contributed by atoms with E-state index in [1.54, 1.807) is 0 Å². The summed E-state index contributed by atoms with van der Waals surface area (Å²) in [6.07, 6.45) is 5.80. The molecule has 22 heavy (non-hydrogen) atoms. The molecule has 3 heterocycles. The molecule has 122 valence electrons. The number of imidazole rings is 1. The molecule has 1 aromatic rings. The zero-order valence-corrected chi connectivity index (χ0v) is 13.4. The summed E-state index contributed by atoms with van der Waals surface area (Å²) < 4.78 is 14.1. The maximum atomic E-state index is 6.17. The van der Waals surface area contributed by atoms with Crippen LogP contribution in [0.5, 0.6) is 0 Å². The third kappa shape index (κ3) is 3.57. The van der Waals surface area contributed by atoms with Gasteiger partial charge in [0.1, 0.15) is 11.4 Å². The highest BCUT2D eigenvalue weighted by molar-refractivity contribution is 4.97. The molecule has 0 radical (unpaired) electrons. The summed E-state index contributed by atoms with van der Waals surface area (Å²) in [6.45, 7) is 11.4. The Bertz CT molecular complexity index is 504. The first-order chi connectivity index (χ1) is 10.7. The predicted molar refractivity (Wildman–Crippen MR) is 84.6 cm³/mol. The van der Waals surface area contributed by atoms with E-state index in [1.807, 2.05) is 25.5 Å². The van der Waals surface area contributed by atoms with E-state index in [2.05, 4.69) is 25.9 Å². The molecule has 1 aromatic heterocycles. The van der Waals surface area contributed by atoms with Gasteiger partial charge < -0.3 is 14.0 Å². The highest BCUT2D eigenvalue weighted by atomic mass is 16.5. The molecule has 1 unspecified atom stereocenters. The van der Waals surface area contributed by atoms with Crippen LogP contribution in [0.4, 0.5) is 0 Å². The molecule has 2 saturated heterocycles. The normalized spacial score (nSPS) is 27.9. The van der Waals surface area contributed by atoms with Crippen LogP contribution < -0.4 is 0 Å². The summed E-state index contributed by atoms with van der Waals surface area (Å²) in [5.74, 6) is 1.09. The van der Waals surface area contributed by atoms with Gasteiger partial charge in [-0.2, -0.15) is 0 Å². The number of rotatable bonds is 4. The van der Waals surface area contributed by atoms with Gasteiger partial charge in [0.05, 0.1) is 26.4 Å². The van der Waals surface area contributed by atoms with Crippen LogP contribution >= 0.6 is 0 Å². The number of aromatic nitrogens is 2. The van der Waals surface area contributed by atoms with Gasteiger partial charge in [-0.3, -0.25) is 9.80 Å². The highest BCUT2D eigenvalue weighted by Gasteiger charge is 2.40. The van der Waals surface area contributed by atoms with Crippen molar-refractivity contribution in [3.8, 4) is 0 Å². The quantitative estimate of drug-likeness (QED) is 0.758. The second kappa shape index (κ2) is 6.91. The predicted octanol–water partition coefficient (Wildman–Crippen LogP) is 0.509. The lowest BCUT2D eigenvalue weighted by Gasteiger charge is -2.43. The molecular weight excluding hydrogens is 280 g/mol. The van der Waals surface area contributed by atoms with Crippen molar-refractivity contribution in [2.75, 3.05) is 52.5 Å². The summed E-state index contributed by atoms with van der Waals surface area (Å²) in [7, 11) is 2.04. The Kier molecular flexibility index (Phi) is 4.93. The van der Waals surface area contributed by atoms with Crippen molar-refractivity contribution in [1.82, 2.24) is 19.4 Å². The van der Waals surface area contributed by atoms with Gasteiger partial charge in [0.25, 0.3) is 0 Å². The lowest BCUT2D eigenvalue weighted by atomic mass is 10.0. The van der Waals surface area contributed by atoms with Crippen molar-refractivity contribution in [3.63, 3.8) is 0 Å². The van der Waals surface area contributed by atoms with E-state index in [1.165, 1.54) is 0 Å². The Morgan fingerprint density at radius 1 is 1.32 bits per heavy atom. The van der Waals surface area contributed by atoms with E-state index >= 15 is 0 Å². The van der Waals surface area contributed by atoms with Crippen molar-refractivity contribution in [1.29, 1.82) is 0 Å². The molecule has 0 bridgehead atoms. The maximum absolute atomic E-state index is 6.17. The zero-order valence-electron chi connectivity index (χ0n) is 13.4. The molecule has 2 aliphatic rings. The number of hydrogen-bond acceptors (Lipinski definition) is 5. The molecule has 0 aromatic carbocycles. The number of morpholine rings is 1. The molecular formula is C16H26N4O2. The Balaban J connectivity index is 1.67. The Morgan fingerprint density at radius 2 is 2.14 bits per heavy atom. The van der Waals surface area contributed by atoms with Gasteiger partial charge in [0, 0.05) is 52.2 Å². The topological polar surface area (TPSA) is 42.8 Å². The van der Waals surface area contributed by atoms with Crippen LogP contribution in [0.3, 0.4) is 0 Å². The largest absolute Gasteiger partial charge is 0.377 e. The summed E-state index contributed by atoms with van der Waals surface area (Å²) in [5.41, 5.74) is -0.233. The van der Waals surface area contributed by atoms with Gasteiger partial charge in [-0.05, 0) is 0 Å². The van der Waals surface area contributed by atoms with Crippen LogP contribution in [0.25, 0.3) is 0 Å². The number of nitrogens with zero attached hydrogens (tertiary/aromatic N) is 4. The molecule has 3 rings (SSSR count). The molecule has 0 amide bonds. The van der Waals surface area contributed by atoms with Gasteiger partial charge in [-0.25, -0.2) is 4.98 Å². The first kappa shape index (κ1) is 15.7. The van der Waals surface area contributed by atoms with Gasteiger partial charge >= 0.3 is 0 Å². The smallest absolute Gasteiger partial charge is 0.122 e. The lowest BCUT2D eigenvalue weighted by molar-refractivity contribution is -0.143. The second-order valence-corrected chi connectivity index (χ2v) is 6.27. The van der Waals surface area contributed by atoms with Crippen molar-refractivity contribution in [3.05, 3.63) is 30.9 Å². The van der Waals surface area contributed by atoms with Crippen molar-refractivity contribution in [2.24, 2.45) is 7.05 Å². The maximum Gasteiger partial charge on any atom is 0.122 e. The zero-order chi connectivity index (χ0) is 15.4. The Morgan fingerprint density at radius 3 is 2.91 bits per heavy atom. The summed E-state index contributed by atoms with van der Waals surface area (Å²) >= 11 is 0. The van der Waals surface area contributed by atoms with Gasteiger partial charge in [0.2, 0.25) is 0 Å². The van der Waals surface area contributed by atoms with Crippen molar-refractivity contribution in [2.45, 2.75) is 12.1 Å². The number of ether oxygens (including phenoxy) is 2. The summed E-state index contributed by atoms with van der Waals surface area (Å²) in [4.78, 5) is 9.22. The third-order valence-corrected chi connectivity index (χ3v) is 4.43. The molecule has 0 N–H and O–H groups in total. The molecule has 2 fully saturated rings. The van der Waals surface area contributed by atoms with E-state index < -0.39 is 0 Å². The van der Waals surface area contributed by atoms with Crippen LogP contribution in [0.1, 0.15) is 5.82 Å². The van der Waals surface area contributed by atoms with Crippen LogP contribution in [0.2, 0.25) is 0 Å². The third-order valence-electron chi connectivity index (χ3n) is 4.43. The van der Waals surface area contributed by atoms with Crippen molar-refractivity contribution < 1.29 is 9.47 Å². The Labute approximate surface area is 132 Å². The van der Waals surface area contributed by atoms with E-state index in [9.17, 15) is 0 Å². The van der Waals surface area contributed by atoms with E-state index in [0.29, 0.717) is 6.61 Å². The fraction of sp³-hybridized carbons (Fsp3) is 0.688. The molecule has 1 atom stereocenters. The number of aryl methyl sites for hydroxylation is 1. The molecule has 6 nitrogen and oxygen atoms in total. The first-order valence-electron chi connectivity index (χ1n) is 7.94. The van der Waals surface area contributed by atoms with Gasteiger partial charge in [0.15, 0.2) is 0 Å². The first-order valence-corrected chi connectivity index (χ1v) is 7.94. The van der Waals surface area contributed by atoms with E-state index in [-0.39, 0.29) is 5.60 Å². The second-order valence-electron chi connectivity index (χ2n) is 6.27. The van der Waals surface area contributed by atoms with E-state index in [0.717, 1.165) is 58.3 Å². The average Bonchev–Trinajstić information content (AvgIpc) is 2.79. The monoisotopic (exact) mass is 306 g/mol. The molecule has 0 saturated carbocycles. The summed E-state index contributed by atoms with van der Waals surface area (Å²) in [6, 6.07) is 0. The fourth-order valence-corrected chi connectivity index (χ4v) is 3.31. The summed E-state index contributed by atoms with van der Waals surface area (Å²) in [5, 5.41) is 0. The minimum absolute atomic E-state index is 0.233. The van der Waals surface area contributed by atoms with Crippen LogP contribution in [0.15, 0.2) is 25.0 Å².